The quantitative estimate of drug-likeness (QED) is 0.517. The smallest absolute Gasteiger partial charge is 0.416 e. The molecule has 0 spiro atoms. The Morgan fingerprint density at radius 3 is 2.34 bits per heavy atom. The van der Waals surface area contributed by atoms with Crippen LogP contribution in [-0.4, -0.2) is 57.0 Å². The van der Waals surface area contributed by atoms with Crippen LogP contribution in [0.15, 0.2) is 48.5 Å². The first-order valence-corrected chi connectivity index (χ1v) is 12.1. The van der Waals surface area contributed by atoms with Gasteiger partial charge in [0.1, 0.15) is 5.75 Å². The van der Waals surface area contributed by atoms with Gasteiger partial charge >= 0.3 is 12.1 Å². The summed E-state index contributed by atoms with van der Waals surface area (Å²) in [5, 5.41) is 4.80. The molecule has 1 atom stereocenters. The number of carbonyl (C=O) groups excluding carboxylic acids is 3. The van der Waals surface area contributed by atoms with Crippen LogP contribution in [0.4, 0.5) is 18.9 Å². The molecule has 35 heavy (non-hydrogen) atoms. The van der Waals surface area contributed by atoms with Gasteiger partial charge in [0.25, 0.3) is 11.8 Å². The Labute approximate surface area is 198 Å². The normalized spacial score (nSPS) is 16.8. The van der Waals surface area contributed by atoms with Crippen molar-refractivity contribution in [3.8, 4) is 5.75 Å². The molecule has 0 aliphatic carbocycles. The molecule has 0 saturated carbocycles. The molecule has 2 N–H and O–H groups in total. The van der Waals surface area contributed by atoms with E-state index in [1.54, 1.807) is 0 Å². The van der Waals surface area contributed by atoms with Crippen molar-refractivity contribution in [3.05, 3.63) is 59.7 Å². The van der Waals surface area contributed by atoms with Crippen molar-refractivity contribution in [1.29, 1.82) is 0 Å². The van der Waals surface area contributed by atoms with Crippen LogP contribution in [0.25, 0.3) is 0 Å². The summed E-state index contributed by atoms with van der Waals surface area (Å²) in [5.74, 6) is -2.04. The number of amides is 2. The van der Waals surface area contributed by atoms with E-state index in [4.69, 9.17) is 9.47 Å². The van der Waals surface area contributed by atoms with E-state index in [1.807, 2.05) is 0 Å². The lowest BCUT2D eigenvalue weighted by atomic mass is 10.2. The van der Waals surface area contributed by atoms with Gasteiger partial charge in [-0.3, -0.25) is 9.59 Å². The molecular formula is C22H21F3N2O7S. The second-order valence-electron chi connectivity index (χ2n) is 7.68. The number of anilines is 1. The molecule has 0 radical (unpaired) electrons. The number of benzene rings is 2. The maximum atomic E-state index is 12.7. The van der Waals surface area contributed by atoms with E-state index in [0.29, 0.717) is 6.42 Å². The number of halogens is 3. The number of hydrogen-bond donors (Lipinski definition) is 2. The highest BCUT2D eigenvalue weighted by Gasteiger charge is 2.31. The van der Waals surface area contributed by atoms with Gasteiger partial charge in [-0.1, -0.05) is 6.07 Å². The van der Waals surface area contributed by atoms with E-state index in [-0.39, 0.29) is 28.5 Å². The predicted octanol–water partition coefficient (Wildman–Crippen LogP) is 2.18. The van der Waals surface area contributed by atoms with Gasteiger partial charge in [0, 0.05) is 11.7 Å². The Hall–Kier alpha value is -3.61. The fourth-order valence-electron chi connectivity index (χ4n) is 3.20. The number of esters is 1. The number of hydrogen-bond acceptors (Lipinski definition) is 7. The van der Waals surface area contributed by atoms with Crippen molar-refractivity contribution >= 4 is 33.3 Å². The minimum atomic E-state index is -4.54. The SMILES string of the molecule is O=C(COc1ccc(C(=O)OCC(=O)NC2CCS(=O)(=O)C2)cc1)Nc1cccc(C(F)(F)F)c1. The fraction of sp³-hybridized carbons (Fsp3) is 0.318. The second kappa shape index (κ2) is 10.8. The molecule has 1 fully saturated rings. The summed E-state index contributed by atoms with van der Waals surface area (Å²) < 4.78 is 71.2. The fourth-order valence-corrected chi connectivity index (χ4v) is 4.87. The lowest BCUT2D eigenvalue weighted by Gasteiger charge is -2.11. The Kier molecular flexibility index (Phi) is 7.99. The third-order valence-corrected chi connectivity index (χ3v) is 6.63. The zero-order chi connectivity index (χ0) is 25.6. The summed E-state index contributed by atoms with van der Waals surface area (Å²) in [6, 6.07) is 9.07. The molecule has 188 valence electrons. The Morgan fingerprint density at radius 2 is 1.71 bits per heavy atom. The maximum Gasteiger partial charge on any atom is 0.416 e. The number of carbonyl (C=O) groups is 3. The number of nitrogens with one attached hydrogen (secondary N) is 2. The first kappa shape index (κ1) is 26.0. The van der Waals surface area contributed by atoms with Gasteiger partial charge in [-0.25, -0.2) is 13.2 Å². The average molecular weight is 514 g/mol. The van der Waals surface area contributed by atoms with E-state index in [0.717, 1.165) is 12.1 Å². The van der Waals surface area contributed by atoms with E-state index in [1.165, 1.54) is 36.4 Å². The molecule has 2 aromatic carbocycles. The third-order valence-electron chi connectivity index (χ3n) is 4.87. The molecule has 1 saturated heterocycles. The molecule has 13 heteroatoms. The molecule has 2 aromatic rings. The molecule has 2 amide bonds. The Bertz CT molecular complexity index is 1200. The van der Waals surface area contributed by atoms with Crippen molar-refractivity contribution < 1.29 is 45.4 Å². The molecule has 9 nitrogen and oxygen atoms in total. The van der Waals surface area contributed by atoms with Crippen LogP contribution in [0.2, 0.25) is 0 Å². The van der Waals surface area contributed by atoms with Gasteiger partial charge in [0.2, 0.25) is 0 Å². The zero-order valence-electron chi connectivity index (χ0n) is 18.1. The maximum absolute atomic E-state index is 12.7. The molecule has 3 rings (SSSR count). The number of sulfone groups is 1. The van der Waals surface area contributed by atoms with Gasteiger partial charge in [-0.2, -0.15) is 13.2 Å². The number of alkyl halides is 3. The van der Waals surface area contributed by atoms with E-state index < -0.39 is 58.6 Å². The van der Waals surface area contributed by atoms with Crippen LogP contribution >= 0.6 is 0 Å². The summed E-state index contributed by atoms with van der Waals surface area (Å²) in [6.07, 6.45) is -4.23. The van der Waals surface area contributed by atoms with Gasteiger partial charge < -0.3 is 20.1 Å². The van der Waals surface area contributed by atoms with Gasteiger partial charge in [0.05, 0.1) is 22.6 Å². The van der Waals surface area contributed by atoms with Crippen LogP contribution in [0, 0.1) is 0 Å². The van der Waals surface area contributed by atoms with Crippen molar-refractivity contribution in [2.75, 3.05) is 30.0 Å². The van der Waals surface area contributed by atoms with Gasteiger partial charge in [0.15, 0.2) is 23.1 Å². The van der Waals surface area contributed by atoms with Crippen LogP contribution in [0.3, 0.4) is 0 Å². The molecule has 1 unspecified atom stereocenters. The molecular weight excluding hydrogens is 493 g/mol. The first-order valence-electron chi connectivity index (χ1n) is 10.3. The van der Waals surface area contributed by atoms with Gasteiger partial charge in [-0.05, 0) is 48.9 Å². The summed E-state index contributed by atoms with van der Waals surface area (Å²) in [6.45, 7) is -1.07. The second-order valence-corrected chi connectivity index (χ2v) is 9.91. The predicted molar refractivity (Wildman–Crippen MR) is 117 cm³/mol. The molecule has 1 aliphatic heterocycles. The van der Waals surface area contributed by atoms with Crippen LogP contribution in [0.5, 0.6) is 5.75 Å². The summed E-state index contributed by atoms with van der Waals surface area (Å²) in [7, 11) is -3.15. The molecule has 0 aromatic heterocycles. The Morgan fingerprint density at radius 1 is 1.00 bits per heavy atom. The summed E-state index contributed by atoms with van der Waals surface area (Å²) in [5.41, 5.74) is -0.838. The largest absolute Gasteiger partial charge is 0.484 e. The van der Waals surface area contributed by atoms with Crippen molar-refractivity contribution in [1.82, 2.24) is 5.32 Å². The van der Waals surface area contributed by atoms with E-state index in [9.17, 15) is 36.0 Å². The third kappa shape index (κ3) is 7.98. The molecule has 1 aliphatic rings. The first-order chi connectivity index (χ1) is 16.4. The minimum Gasteiger partial charge on any atom is -0.484 e. The van der Waals surface area contributed by atoms with E-state index in [2.05, 4.69) is 10.6 Å². The van der Waals surface area contributed by atoms with Crippen LogP contribution in [0.1, 0.15) is 22.3 Å². The van der Waals surface area contributed by atoms with Crippen LogP contribution < -0.4 is 15.4 Å². The number of rotatable bonds is 8. The lowest BCUT2D eigenvalue weighted by Crippen LogP contribution is -2.38. The topological polar surface area (TPSA) is 128 Å². The van der Waals surface area contributed by atoms with Crippen molar-refractivity contribution in [2.45, 2.75) is 18.6 Å². The van der Waals surface area contributed by atoms with Crippen molar-refractivity contribution in [2.24, 2.45) is 0 Å². The molecule has 0 bridgehead atoms. The Balaban J connectivity index is 1.42. The zero-order valence-corrected chi connectivity index (χ0v) is 18.9. The monoisotopic (exact) mass is 514 g/mol. The highest BCUT2D eigenvalue weighted by atomic mass is 32.2. The highest BCUT2D eigenvalue weighted by Crippen LogP contribution is 2.30. The lowest BCUT2D eigenvalue weighted by molar-refractivity contribution is -0.137. The van der Waals surface area contributed by atoms with Crippen LogP contribution in [-0.2, 0) is 30.3 Å². The average Bonchev–Trinajstić information content (AvgIpc) is 3.14. The summed E-state index contributed by atoms with van der Waals surface area (Å²) in [4.78, 5) is 35.9. The standard InChI is InChI=1S/C22H21F3N2O7S/c23-22(24,25)15-2-1-3-16(10-15)26-19(28)11-33-18-6-4-14(5-7-18)21(30)34-12-20(29)27-17-8-9-35(31,32)13-17/h1-7,10,17H,8-9,11-13H2,(H,26,28)(H,27,29). The van der Waals surface area contributed by atoms with E-state index >= 15 is 0 Å². The number of ether oxygens (including phenoxy) is 2. The van der Waals surface area contributed by atoms with Crippen molar-refractivity contribution in [3.63, 3.8) is 0 Å². The summed E-state index contributed by atoms with van der Waals surface area (Å²) >= 11 is 0. The minimum absolute atomic E-state index is 0.000934. The molecule has 1 heterocycles. The highest BCUT2D eigenvalue weighted by molar-refractivity contribution is 7.91. The van der Waals surface area contributed by atoms with Gasteiger partial charge in [-0.15, -0.1) is 0 Å².